The van der Waals surface area contributed by atoms with Crippen LogP contribution in [0.2, 0.25) is 0 Å². The number of aliphatic hydroxyl groups is 5. The Labute approximate surface area is 476 Å². The molecule has 6 aromatic rings. The molecule has 34 nitrogen and oxygen atoms in total. The summed E-state index contributed by atoms with van der Waals surface area (Å²) in [6.07, 6.45) is -0.345. The average Bonchev–Trinajstić information content (AvgIpc) is 2.48. The zero-order chi connectivity index (χ0) is 59.2. The van der Waals surface area contributed by atoms with E-state index in [9.17, 15) is 44.7 Å². The summed E-state index contributed by atoms with van der Waals surface area (Å²) in [7, 11) is 0. The maximum absolute atomic E-state index is 11.7. The Morgan fingerprint density at radius 2 is 0.810 bits per heavy atom. The highest BCUT2D eigenvalue weighted by molar-refractivity contribution is 5.84. The first-order valence-electron chi connectivity index (χ1n) is 27.0. The summed E-state index contributed by atoms with van der Waals surface area (Å²) in [5.74, 6) is -0.604. The Bertz CT molecular complexity index is 3240. The number of aliphatic hydroxyl groups excluding tert-OH is 5. The van der Waals surface area contributed by atoms with E-state index in [0.717, 1.165) is 19.3 Å². The molecule has 6 unspecified atom stereocenters. The van der Waals surface area contributed by atoms with Crippen LogP contribution in [0, 0.1) is 0 Å². The molecule has 6 saturated heterocycles. The molecule has 15 atom stereocenters. The molecule has 34 heteroatoms. The van der Waals surface area contributed by atoms with Crippen LogP contribution in [0.4, 0.5) is 17.5 Å². The number of carbonyl (C=O) groups excluding carboxylic acids is 4. The minimum atomic E-state index is -1.18. The number of hydrogen-bond acceptors (Lipinski definition) is 31. The summed E-state index contributed by atoms with van der Waals surface area (Å²) in [6.45, 7) is 7.56. The number of anilines is 3. The molecule has 12 rings (SSSR count). The van der Waals surface area contributed by atoms with Crippen LogP contribution in [0.1, 0.15) is 65.6 Å². The van der Waals surface area contributed by atoms with E-state index in [1.54, 1.807) is 13.7 Å². The number of rotatable bonds is 16. The Morgan fingerprint density at radius 3 is 1.20 bits per heavy atom. The van der Waals surface area contributed by atoms with Crippen LogP contribution < -0.4 is 16.0 Å². The highest BCUT2D eigenvalue weighted by atomic mass is 16.7. The minimum absolute atomic E-state index is 0.122. The van der Waals surface area contributed by atoms with Gasteiger partial charge in [-0.2, -0.15) is 0 Å². The van der Waals surface area contributed by atoms with Gasteiger partial charge in [-0.1, -0.05) is 0 Å². The summed E-state index contributed by atoms with van der Waals surface area (Å²) in [4.78, 5) is 84.7. The van der Waals surface area contributed by atoms with Crippen molar-refractivity contribution in [2.24, 2.45) is 0 Å². The molecule has 6 aromatic heterocycles. The molecule has 6 aliphatic rings. The predicted molar refractivity (Wildman–Crippen MR) is 282 cm³/mol. The van der Waals surface area contributed by atoms with Crippen molar-refractivity contribution in [3.8, 4) is 0 Å². The number of imidazole rings is 3. The van der Waals surface area contributed by atoms with Gasteiger partial charge in [0, 0.05) is 47.5 Å². The van der Waals surface area contributed by atoms with Crippen molar-refractivity contribution < 1.29 is 92.1 Å². The normalized spacial score (nSPS) is 29.9. The van der Waals surface area contributed by atoms with Crippen LogP contribution in [0.25, 0.3) is 33.5 Å². The Kier molecular flexibility index (Phi) is 18.9. The largest absolute Gasteiger partial charge is 0.457 e. The van der Waals surface area contributed by atoms with Gasteiger partial charge in [0.1, 0.15) is 49.5 Å². The maximum atomic E-state index is 11.7. The van der Waals surface area contributed by atoms with Crippen LogP contribution in [0.15, 0.2) is 38.0 Å². The molecule has 12 heterocycles. The second-order valence-corrected chi connectivity index (χ2v) is 20.3. The molecular formula is C50H65N15O19. The molecule has 6 fully saturated rings. The van der Waals surface area contributed by atoms with Crippen molar-refractivity contribution in [2.45, 2.75) is 139 Å². The van der Waals surface area contributed by atoms with Crippen LogP contribution in [0.3, 0.4) is 0 Å². The number of ether oxygens (including phenoxy) is 10. The number of nitrogens with zero attached hydrogens (tertiary/aromatic N) is 12. The minimum Gasteiger partial charge on any atom is -0.457 e. The summed E-state index contributed by atoms with van der Waals surface area (Å²) in [6, 6.07) is 0.413. The molecule has 0 bridgehead atoms. The molecule has 0 aromatic carbocycles. The van der Waals surface area contributed by atoms with Gasteiger partial charge in [0.05, 0.1) is 76.7 Å². The summed E-state index contributed by atoms with van der Waals surface area (Å²) in [5, 5.41) is 59.4. The van der Waals surface area contributed by atoms with Gasteiger partial charge in [-0.25, -0.2) is 44.9 Å². The van der Waals surface area contributed by atoms with Gasteiger partial charge in [-0.05, 0) is 19.3 Å². The van der Waals surface area contributed by atoms with E-state index < -0.39 is 117 Å². The fourth-order valence-electron chi connectivity index (χ4n) is 10.5. The van der Waals surface area contributed by atoms with Crippen molar-refractivity contribution in [1.29, 1.82) is 0 Å². The zero-order valence-electron chi connectivity index (χ0n) is 45.9. The molecule has 0 saturated carbocycles. The lowest BCUT2D eigenvalue weighted by atomic mass is 10.1. The Morgan fingerprint density at radius 1 is 0.464 bits per heavy atom. The first kappa shape index (κ1) is 59.6. The fraction of sp³-hybridized carbons (Fsp3) is 0.620. The van der Waals surface area contributed by atoms with Crippen molar-refractivity contribution >= 4 is 74.8 Å². The second kappa shape index (κ2) is 26.6. The molecule has 84 heavy (non-hydrogen) atoms. The Hall–Kier alpha value is -7.51. The van der Waals surface area contributed by atoms with E-state index in [4.69, 9.17) is 47.4 Å². The van der Waals surface area contributed by atoms with Gasteiger partial charge in [0.25, 0.3) is 0 Å². The van der Waals surface area contributed by atoms with Gasteiger partial charge in [0.15, 0.2) is 94.0 Å². The van der Waals surface area contributed by atoms with Crippen molar-refractivity contribution in [1.82, 2.24) is 58.6 Å². The van der Waals surface area contributed by atoms with Crippen LogP contribution >= 0.6 is 0 Å². The van der Waals surface area contributed by atoms with E-state index >= 15 is 0 Å². The summed E-state index contributed by atoms with van der Waals surface area (Å²) < 4.78 is 59.1. The summed E-state index contributed by atoms with van der Waals surface area (Å²) >= 11 is 0. The fourth-order valence-corrected chi connectivity index (χ4v) is 10.5. The van der Waals surface area contributed by atoms with E-state index in [1.807, 2.05) is 0 Å². The van der Waals surface area contributed by atoms with E-state index in [1.165, 1.54) is 65.7 Å². The number of fused-ring (bicyclic) bond motifs is 3. The van der Waals surface area contributed by atoms with Gasteiger partial charge < -0.3 is 88.9 Å². The van der Waals surface area contributed by atoms with Crippen molar-refractivity contribution in [2.75, 3.05) is 75.4 Å². The van der Waals surface area contributed by atoms with Gasteiger partial charge >= 0.3 is 23.9 Å². The smallest absolute Gasteiger partial charge is 0.303 e. The lowest BCUT2D eigenvalue weighted by molar-refractivity contribution is -0.165. The van der Waals surface area contributed by atoms with E-state index in [0.29, 0.717) is 90.6 Å². The van der Waals surface area contributed by atoms with Crippen molar-refractivity contribution in [3.63, 3.8) is 0 Å². The molecule has 6 aliphatic heterocycles. The zero-order valence-corrected chi connectivity index (χ0v) is 45.9. The Balaban J connectivity index is 0.000000141. The highest BCUT2D eigenvalue weighted by Crippen LogP contribution is 2.38. The average molecular weight is 1180 g/mol. The molecule has 8 N–H and O–H groups in total. The molecule has 0 amide bonds. The number of carbonyl (C=O) groups is 4. The third-order valence-electron chi connectivity index (χ3n) is 14.4. The molecule has 454 valence electrons. The number of esters is 4. The monoisotopic (exact) mass is 1180 g/mol. The van der Waals surface area contributed by atoms with Crippen LogP contribution in [0.5, 0.6) is 0 Å². The topological polar surface area (TPSA) is 429 Å². The van der Waals surface area contributed by atoms with Gasteiger partial charge in [-0.15, -0.1) is 0 Å². The lowest BCUT2D eigenvalue weighted by Crippen LogP contribution is -2.40. The predicted octanol–water partition coefficient (Wildman–Crippen LogP) is -1.80. The van der Waals surface area contributed by atoms with Gasteiger partial charge in [-0.3, -0.25) is 32.9 Å². The molecule has 0 spiro atoms. The number of nitrogens with one attached hydrogen (secondary N) is 3. The first-order chi connectivity index (χ1) is 40.6. The van der Waals surface area contributed by atoms with Gasteiger partial charge in [0.2, 0.25) is 0 Å². The van der Waals surface area contributed by atoms with Crippen LogP contribution in [-0.4, -0.2) is 240 Å². The third-order valence-corrected chi connectivity index (χ3v) is 14.4. The SMILES string of the molecule is CC(=O)O[C@@H]1[C@@H](CO)OC(n2cnc3c(NC4CCOC4)ncnc32)[C@@H]1O.CC(=O)O[C@@H]1[C@@H](CO)OC(n2cnc3c(NC4CCOC4)ncnc32)[C@@H]1OC(C)=O.CC(=O)O[C@H]1C(n2cnc3c(NC4CCOC4)ncnc32)O[C@H](CO)[C@H]1O. The van der Waals surface area contributed by atoms with E-state index in [2.05, 4.69) is 60.8 Å². The van der Waals surface area contributed by atoms with Crippen molar-refractivity contribution in [3.05, 3.63) is 38.0 Å². The quantitative estimate of drug-likeness (QED) is 0.0391. The third kappa shape index (κ3) is 12.9. The van der Waals surface area contributed by atoms with E-state index in [-0.39, 0.29) is 18.1 Å². The summed E-state index contributed by atoms with van der Waals surface area (Å²) in [5.41, 5.74) is 2.91. The number of hydrogen-bond donors (Lipinski definition) is 8. The van der Waals surface area contributed by atoms with Crippen LogP contribution in [-0.2, 0) is 66.5 Å². The molecular weight excluding hydrogens is 1110 g/mol. The molecule has 0 aliphatic carbocycles. The number of aromatic nitrogens is 12. The maximum Gasteiger partial charge on any atom is 0.303 e. The standard InChI is InChI=1S/C18H23N5O7.2C16H21N5O6/c1-9(25)28-14-12(5-24)30-18(15(14)29-10(2)26)23-8-21-13-16(19-7-20-17(13)23)22-11-3-4-27-6-11;1-8(23)26-13-10(4-22)27-16(12(13)24)21-7-19-11-14(17-6-18-15(11)21)20-9-2-3-25-5-9;1-8(23)26-13-12(24)10(4-22)27-16(13)21-7-19-11-14(17-6-18-15(11)21)20-9-2-3-25-5-9/h7-8,11-12,14-15,18,24H,3-6H2,1-2H3,(H,19,20,22);2*6-7,9-10,12-13,16,22,24H,2-5H2,1H3,(H,17,18,20)/t11?,12-,14-,15-,18?;2*9?,10-,12-,13-,16?/m111/s1. The second-order valence-electron chi connectivity index (χ2n) is 20.3. The first-order valence-corrected chi connectivity index (χ1v) is 27.0. The molecule has 0 radical (unpaired) electrons. The highest BCUT2D eigenvalue weighted by Gasteiger charge is 2.51. The lowest BCUT2D eigenvalue weighted by Gasteiger charge is -2.23.